The Hall–Kier alpha value is -3.83. The Morgan fingerprint density at radius 3 is 2.43 bits per heavy atom. The van der Waals surface area contributed by atoms with Gasteiger partial charge in [0, 0.05) is 5.56 Å². The molecule has 0 atom stereocenters. The number of carbonyl (C=O) groups excluding carboxylic acids is 2. The van der Waals surface area contributed by atoms with Crippen molar-refractivity contribution in [2.24, 2.45) is 5.10 Å². The lowest BCUT2D eigenvalue weighted by Crippen LogP contribution is -2.35. The SMILES string of the molecule is COc1cccc(/C=N\NC(=O)C(=O)Nc2ccccc2OC(F)(F)C(F)F)c1O. The molecule has 0 aliphatic rings. The first-order valence-electron chi connectivity index (χ1n) is 8.10. The summed E-state index contributed by atoms with van der Waals surface area (Å²) in [7, 11) is 1.33. The van der Waals surface area contributed by atoms with E-state index in [0.717, 1.165) is 18.3 Å². The number of benzene rings is 2. The fourth-order valence-electron chi connectivity index (χ4n) is 2.05. The summed E-state index contributed by atoms with van der Waals surface area (Å²) in [5.74, 6) is -3.51. The number of phenolic OH excluding ortho intramolecular Hbond substituents is 1. The first-order valence-corrected chi connectivity index (χ1v) is 8.10. The fraction of sp³-hybridized carbons (Fsp3) is 0.167. The number of hydrogen-bond acceptors (Lipinski definition) is 6. The molecule has 0 aliphatic carbocycles. The molecule has 0 aromatic heterocycles. The number of nitrogens with one attached hydrogen (secondary N) is 2. The second-order valence-electron chi connectivity index (χ2n) is 5.51. The van der Waals surface area contributed by atoms with Gasteiger partial charge in [-0.05, 0) is 24.3 Å². The molecule has 30 heavy (non-hydrogen) atoms. The molecular formula is C18H15F4N3O5. The Morgan fingerprint density at radius 2 is 1.77 bits per heavy atom. The number of ether oxygens (including phenoxy) is 2. The molecule has 3 N–H and O–H groups in total. The van der Waals surface area contributed by atoms with Crippen LogP contribution in [0.4, 0.5) is 23.2 Å². The zero-order valence-corrected chi connectivity index (χ0v) is 15.2. The Balaban J connectivity index is 2.04. The average Bonchev–Trinajstić information content (AvgIpc) is 2.70. The lowest BCUT2D eigenvalue weighted by atomic mass is 10.2. The number of amides is 2. The number of methoxy groups -OCH3 is 1. The van der Waals surface area contributed by atoms with Gasteiger partial charge in [0.05, 0.1) is 19.0 Å². The summed E-state index contributed by atoms with van der Waals surface area (Å²) in [6, 6.07) is 8.95. The second-order valence-corrected chi connectivity index (χ2v) is 5.51. The van der Waals surface area contributed by atoms with Gasteiger partial charge >= 0.3 is 24.3 Å². The molecule has 0 heterocycles. The normalized spacial score (nSPS) is 11.4. The maximum Gasteiger partial charge on any atom is 0.461 e. The van der Waals surface area contributed by atoms with E-state index in [4.69, 9.17) is 4.74 Å². The number of hydrogen-bond donors (Lipinski definition) is 3. The number of phenols is 1. The van der Waals surface area contributed by atoms with Crippen LogP contribution in [0.3, 0.4) is 0 Å². The van der Waals surface area contributed by atoms with Gasteiger partial charge in [-0.3, -0.25) is 9.59 Å². The Morgan fingerprint density at radius 1 is 1.10 bits per heavy atom. The smallest absolute Gasteiger partial charge is 0.461 e. The van der Waals surface area contributed by atoms with Crippen LogP contribution < -0.4 is 20.2 Å². The number of carbonyl (C=O) groups is 2. The summed E-state index contributed by atoms with van der Waals surface area (Å²) in [5, 5.41) is 15.3. The molecule has 12 heteroatoms. The lowest BCUT2D eigenvalue weighted by Gasteiger charge is -2.19. The topological polar surface area (TPSA) is 109 Å². The van der Waals surface area contributed by atoms with Crippen molar-refractivity contribution in [2.75, 3.05) is 12.4 Å². The Kier molecular flexibility index (Phi) is 7.17. The summed E-state index contributed by atoms with van der Waals surface area (Å²) < 4.78 is 59.7. The second kappa shape index (κ2) is 9.58. The number of rotatable bonds is 7. The molecule has 2 rings (SSSR count). The van der Waals surface area contributed by atoms with E-state index in [-0.39, 0.29) is 17.1 Å². The third-order valence-electron chi connectivity index (χ3n) is 3.46. The molecular weight excluding hydrogens is 414 g/mol. The minimum atomic E-state index is -4.80. The van der Waals surface area contributed by atoms with Gasteiger partial charge < -0.3 is 19.9 Å². The van der Waals surface area contributed by atoms with Crippen molar-refractivity contribution in [3.05, 3.63) is 48.0 Å². The molecule has 2 aromatic carbocycles. The Bertz CT molecular complexity index is 953. The van der Waals surface area contributed by atoms with Crippen molar-refractivity contribution in [1.29, 1.82) is 0 Å². The summed E-state index contributed by atoms with van der Waals surface area (Å²) in [5.41, 5.74) is 1.59. The predicted octanol–water partition coefficient (Wildman–Crippen LogP) is 2.73. The highest BCUT2D eigenvalue weighted by atomic mass is 19.3. The molecule has 2 amide bonds. The number of para-hydroxylation sites is 3. The monoisotopic (exact) mass is 429 g/mol. The maximum atomic E-state index is 13.1. The number of anilines is 1. The fourth-order valence-corrected chi connectivity index (χ4v) is 2.05. The lowest BCUT2D eigenvalue weighted by molar-refractivity contribution is -0.252. The van der Waals surface area contributed by atoms with Crippen molar-refractivity contribution in [3.8, 4) is 17.2 Å². The van der Waals surface area contributed by atoms with Gasteiger partial charge in [-0.1, -0.05) is 18.2 Å². The summed E-state index contributed by atoms with van der Waals surface area (Å²) in [6.45, 7) is 0. The zero-order valence-electron chi connectivity index (χ0n) is 15.2. The van der Waals surface area contributed by atoms with Crippen molar-refractivity contribution in [1.82, 2.24) is 5.43 Å². The maximum absolute atomic E-state index is 13.1. The zero-order chi connectivity index (χ0) is 22.3. The molecule has 0 radical (unpaired) electrons. The van der Waals surface area contributed by atoms with E-state index in [1.54, 1.807) is 6.07 Å². The Labute approximate surface area is 167 Å². The third-order valence-corrected chi connectivity index (χ3v) is 3.46. The molecule has 0 bridgehead atoms. The van der Waals surface area contributed by atoms with Crippen molar-refractivity contribution in [2.45, 2.75) is 12.5 Å². The van der Waals surface area contributed by atoms with Crippen LogP contribution in [-0.4, -0.2) is 42.8 Å². The number of halogens is 4. The van der Waals surface area contributed by atoms with E-state index in [9.17, 15) is 32.3 Å². The molecule has 0 spiro atoms. The molecule has 2 aromatic rings. The molecule has 8 nitrogen and oxygen atoms in total. The van der Waals surface area contributed by atoms with E-state index in [0.29, 0.717) is 0 Å². The van der Waals surface area contributed by atoms with Crippen molar-refractivity contribution in [3.63, 3.8) is 0 Å². The van der Waals surface area contributed by atoms with E-state index in [2.05, 4.69) is 9.84 Å². The minimum absolute atomic E-state index is 0.153. The molecule has 0 aliphatic heterocycles. The van der Waals surface area contributed by atoms with Crippen molar-refractivity contribution >= 4 is 23.7 Å². The summed E-state index contributed by atoms with van der Waals surface area (Å²) in [6.07, 6.45) is -7.87. The van der Waals surface area contributed by atoms with Gasteiger partial charge in [-0.2, -0.15) is 22.7 Å². The largest absolute Gasteiger partial charge is 0.504 e. The van der Waals surface area contributed by atoms with Crippen LogP contribution in [0.2, 0.25) is 0 Å². The first kappa shape index (κ1) is 22.5. The van der Waals surface area contributed by atoms with Gasteiger partial charge in [0.1, 0.15) is 5.75 Å². The van der Waals surface area contributed by atoms with Gasteiger partial charge in [-0.15, -0.1) is 0 Å². The van der Waals surface area contributed by atoms with Crippen LogP contribution in [0.5, 0.6) is 17.2 Å². The van der Waals surface area contributed by atoms with Crippen molar-refractivity contribution < 1.29 is 41.7 Å². The van der Waals surface area contributed by atoms with Crippen LogP contribution in [0.25, 0.3) is 0 Å². The third kappa shape index (κ3) is 5.59. The van der Waals surface area contributed by atoms with E-state index < -0.39 is 35.8 Å². The van der Waals surface area contributed by atoms with Crippen LogP contribution in [0.1, 0.15) is 5.56 Å². The summed E-state index contributed by atoms with van der Waals surface area (Å²) >= 11 is 0. The number of alkyl halides is 4. The van der Waals surface area contributed by atoms with Gasteiger partial charge in [0.15, 0.2) is 11.5 Å². The molecule has 0 saturated carbocycles. The minimum Gasteiger partial charge on any atom is -0.504 e. The molecule has 160 valence electrons. The van der Waals surface area contributed by atoms with Crippen LogP contribution in [-0.2, 0) is 9.59 Å². The number of hydrazone groups is 1. The highest BCUT2D eigenvalue weighted by Gasteiger charge is 2.44. The summed E-state index contributed by atoms with van der Waals surface area (Å²) in [4.78, 5) is 23.7. The number of nitrogens with zero attached hydrogens (tertiary/aromatic N) is 1. The van der Waals surface area contributed by atoms with Crippen LogP contribution in [0, 0.1) is 0 Å². The first-order chi connectivity index (χ1) is 14.2. The van der Waals surface area contributed by atoms with Gasteiger partial charge in [0.2, 0.25) is 0 Å². The van der Waals surface area contributed by atoms with E-state index in [1.165, 1.54) is 31.4 Å². The molecule has 0 fully saturated rings. The van der Waals surface area contributed by atoms with Gasteiger partial charge in [0.25, 0.3) is 0 Å². The van der Waals surface area contributed by atoms with E-state index >= 15 is 0 Å². The predicted molar refractivity (Wildman–Crippen MR) is 97.0 cm³/mol. The highest BCUT2D eigenvalue weighted by molar-refractivity contribution is 6.39. The highest BCUT2D eigenvalue weighted by Crippen LogP contribution is 2.32. The van der Waals surface area contributed by atoms with Gasteiger partial charge in [-0.25, -0.2) is 5.43 Å². The quantitative estimate of drug-likeness (QED) is 0.271. The standard InChI is InChI=1S/C18H15F4N3O5/c1-29-13-8-4-5-10(14(13)26)9-23-25-16(28)15(27)24-11-6-2-3-7-12(11)30-18(21,22)17(19)20/h2-9,17,26H,1H3,(H,24,27)(H,25,28)/b23-9-. The van der Waals surface area contributed by atoms with Crippen LogP contribution in [0.15, 0.2) is 47.6 Å². The number of aromatic hydroxyl groups is 1. The molecule has 0 saturated heterocycles. The molecule has 0 unspecified atom stereocenters. The van der Waals surface area contributed by atoms with Crippen LogP contribution >= 0.6 is 0 Å². The average molecular weight is 429 g/mol. The van der Waals surface area contributed by atoms with E-state index in [1.807, 2.05) is 10.7 Å².